The van der Waals surface area contributed by atoms with E-state index in [-0.39, 0.29) is 24.2 Å². The first-order chi connectivity index (χ1) is 21.5. The molecule has 44 heavy (non-hydrogen) atoms. The molecule has 2 unspecified atom stereocenters. The van der Waals surface area contributed by atoms with Crippen LogP contribution in [0.5, 0.6) is 0 Å². The van der Waals surface area contributed by atoms with Crippen LogP contribution in [0.3, 0.4) is 0 Å². The van der Waals surface area contributed by atoms with Gasteiger partial charge in [-0.25, -0.2) is 4.79 Å². The zero-order chi connectivity index (χ0) is 30.5. The van der Waals surface area contributed by atoms with Crippen molar-refractivity contribution < 1.29 is 19.2 Å². The van der Waals surface area contributed by atoms with Crippen LogP contribution in [0.15, 0.2) is 126 Å². The first-order valence-corrected chi connectivity index (χ1v) is 15.4. The van der Waals surface area contributed by atoms with Gasteiger partial charge in [-0.15, -0.1) is 11.8 Å². The number of nitrogens with zero attached hydrogens (tertiary/aromatic N) is 2. The van der Waals surface area contributed by atoms with Gasteiger partial charge in [0, 0.05) is 29.3 Å². The Bertz CT molecular complexity index is 1570. The highest BCUT2D eigenvalue weighted by Gasteiger charge is 2.50. The molecular weight excluding hydrogens is 574 g/mol. The van der Waals surface area contributed by atoms with Gasteiger partial charge >= 0.3 is 5.97 Å². The lowest BCUT2D eigenvalue weighted by Crippen LogP contribution is -2.55. The number of ether oxygens (including phenoxy) is 1. The minimum atomic E-state index is -0.786. The number of carbonyl (C=O) groups excluding carboxylic acids is 2. The molecule has 0 aliphatic carbocycles. The highest BCUT2D eigenvalue weighted by molar-refractivity contribution is 8.03. The van der Waals surface area contributed by atoms with Gasteiger partial charge in [0.25, 0.3) is 5.69 Å². The number of nitro benzene ring substituents is 1. The summed E-state index contributed by atoms with van der Waals surface area (Å²) in [7, 11) is 0. The maximum atomic E-state index is 13.3. The summed E-state index contributed by atoms with van der Waals surface area (Å²) in [5, 5.41) is 14.8. The van der Waals surface area contributed by atoms with Crippen LogP contribution in [0.2, 0.25) is 0 Å². The average molecular weight is 606 g/mol. The average Bonchev–Trinajstić information content (AvgIpc) is 3.37. The minimum Gasteiger partial charge on any atom is -0.459 e. The Morgan fingerprint density at radius 3 is 1.93 bits per heavy atom. The zero-order valence-electron chi connectivity index (χ0n) is 23.9. The van der Waals surface area contributed by atoms with Gasteiger partial charge in [-0.05, 0) is 40.5 Å². The number of non-ortho nitro benzene ring substituents is 1. The van der Waals surface area contributed by atoms with Crippen LogP contribution in [-0.4, -0.2) is 46.1 Å². The topological polar surface area (TPSA) is 102 Å². The van der Waals surface area contributed by atoms with Gasteiger partial charge in [-0.1, -0.05) is 91.0 Å². The maximum absolute atomic E-state index is 13.3. The van der Waals surface area contributed by atoms with E-state index in [0.29, 0.717) is 24.3 Å². The summed E-state index contributed by atoms with van der Waals surface area (Å²) < 4.78 is 5.61. The van der Waals surface area contributed by atoms with E-state index >= 15 is 0 Å². The van der Waals surface area contributed by atoms with E-state index < -0.39 is 22.5 Å². The Morgan fingerprint density at radius 1 is 0.886 bits per heavy atom. The van der Waals surface area contributed by atoms with Crippen LogP contribution in [0.25, 0.3) is 0 Å². The molecule has 4 aromatic rings. The number of rotatable bonds is 12. The quantitative estimate of drug-likeness (QED) is 0.0542. The summed E-state index contributed by atoms with van der Waals surface area (Å²) in [5.74, 6) is 0.0763. The number of hydrogen-bond donors (Lipinski definition) is 1. The fourth-order valence-corrected chi connectivity index (χ4v) is 6.99. The number of esters is 1. The van der Waals surface area contributed by atoms with Gasteiger partial charge in [-0.3, -0.25) is 20.2 Å². The Labute approximate surface area is 259 Å². The fourth-order valence-electron chi connectivity index (χ4n) is 5.93. The first-order valence-electron chi connectivity index (χ1n) is 14.4. The molecule has 1 N–H and O–H groups in total. The molecule has 6 rings (SSSR count). The summed E-state index contributed by atoms with van der Waals surface area (Å²) in [4.78, 5) is 38.6. The Kier molecular flexibility index (Phi) is 8.58. The molecule has 1 amide bonds. The van der Waals surface area contributed by atoms with Crippen molar-refractivity contribution in [3.8, 4) is 0 Å². The molecule has 2 aliphatic rings. The summed E-state index contributed by atoms with van der Waals surface area (Å²) in [6, 6.07) is 36.1. The van der Waals surface area contributed by atoms with E-state index in [1.807, 2.05) is 60.7 Å². The first kappa shape index (κ1) is 29.3. The molecule has 1 fully saturated rings. The molecule has 2 heterocycles. The van der Waals surface area contributed by atoms with Crippen molar-refractivity contribution in [1.29, 1.82) is 0 Å². The molecule has 4 aromatic carbocycles. The lowest BCUT2D eigenvalue weighted by molar-refractivity contribution is -0.384. The monoisotopic (exact) mass is 605 g/mol. The molecule has 0 bridgehead atoms. The maximum Gasteiger partial charge on any atom is 0.334 e. The zero-order valence-corrected chi connectivity index (χ0v) is 24.7. The van der Waals surface area contributed by atoms with E-state index in [4.69, 9.17) is 4.74 Å². The third-order valence-corrected chi connectivity index (χ3v) is 9.17. The molecule has 0 saturated carbocycles. The van der Waals surface area contributed by atoms with Crippen molar-refractivity contribution in [2.24, 2.45) is 0 Å². The summed E-state index contributed by atoms with van der Waals surface area (Å²) in [6.07, 6.45) is 2.39. The SMILES string of the molecule is O=C(OCc1ccc([N+](=O)[O-])cc1)C1C(SCCNC(c2ccccc2)(c2ccccc2)c2ccccc2)=CC2CC(=O)N21. The summed E-state index contributed by atoms with van der Waals surface area (Å²) in [6.45, 7) is 0.580. The number of hydrogen-bond acceptors (Lipinski definition) is 7. The van der Waals surface area contributed by atoms with Crippen LogP contribution >= 0.6 is 11.8 Å². The number of β-lactam (4-membered cyclic amide) rings is 1. The van der Waals surface area contributed by atoms with Crippen LogP contribution < -0.4 is 5.32 Å². The van der Waals surface area contributed by atoms with Crippen molar-refractivity contribution in [2.45, 2.75) is 30.7 Å². The molecule has 2 aliphatic heterocycles. The van der Waals surface area contributed by atoms with Gasteiger partial charge in [0.1, 0.15) is 6.61 Å². The minimum absolute atomic E-state index is 0.0315. The number of fused-ring (bicyclic) bond motifs is 1. The Balaban J connectivity index is 1.17. The number of carbonyl (C=O) groups is 2. The summed E-state index contributed by atoms with van der Waals surface area (Å²) >= 11 is 1.55. The molecule has 9 heteroatoms. The number of thioether (sulfide) groups is 1. The van der Waals surface area contributed by atoms with Crippen LogP contribution in [0.4, 0.5) is 5.69 Å². The number of nitro groups is 1. The third kappa shape index (κ3) is 5.76. The number of amides is 1. The van der Waals surface area contributed by atoms with Gasteiger partial charge in [0.15, 0.2) is 6.04 Å². The van der Waals surface area contributed by atoms with Crippen LogP contribution in [0, 0.1) is 10.1 Å². The lowest BCUT2D eigenvalue weighted by Gasteiger charge is -2.38. The number of nitrogens with one attached hydrogen (secondary N) is 1. The van der Waals surface area contributed by atoms with E-state index in [1.165, 1.54) is 12.1 Å². The normalized spacial score (nSPS) is 17.4. The van der Waals surface area contributed by atoms with Crippen molar-refractivity contribution in [3.63, 3.8) is 0 Å². The van der Waals surface area contributed by atoms with E-state index in [1.54, 1.807) is 28.8 Å². The second kappa shape index (κ2) is 12.9. The smallest absolute Gasteiger partial charge is 0.334 e. The van der Waals surface area contributed by atoms with Crippen molar-refractivity contribution in [1.82, 2.24) is 10.2 Å². The molecule has 0 radical (unpaired) electrons. The molecule has 1 saturated heterocycles. The fraction of sp³-hybridized carbons (Fsp3) is 0.200. The summed E-state index contributed by atoms with van der Waals surface area (Å²) in [5.41, 5.74) is 3.35. The molecule has 8 nitrogen and oxygen atoms in total. The Hall–Kier alpha value is -4.73. The van der Waals surface area contributed by atoms with E-state index in [2.05, 4.69) is 41.7 Å². The lowest BCUT2D eigenvalue weighted by atomic mass is 9.77. The standard InChI is InChI=1S/C35H31N3O5S/c39-32-23-30-22-31(33(37(30)32)34(40)43-24-25-16-18-29(19-17-25)38(41)42)44-21-20-36-35(26-10-4-1-5-11-26,27-12-6-2-7-13-27)28-14-8-3-9-15-28/h1-19,22,30,33,36H,20-21,23-24H2. The number of benzene rings is 4. The second-order valence-corrected chi connectivity index (χ2v) is 11.9. The van der Waals surface area contributed by atoms with E-state index in [9.17, 15) is 19.7 Å². The van der Waals surface area contributed by atoms with Crippen molar-refractivity contribution in [3.05, 3.63) is 159 Å². The van der Waals surface area contributed by atoms with Gasteiger partial charge in [-0.2, -0.15) is 0 Å². The van der Waals surface area contributed by atoms with Crippen molar-refractivity contribution >= 4 is 29.3 Å². The second-order valence-electron chi connectivity index (χ2n) is 10.7. The highest BCUT2D eigenvalue weighted by atomic mass is 32.2. The van der Waals surface area contributed by atoms with Gasteiger partial charge in [0.2, 0.25) is 5.91 Å². The highest BCUT2D eigenvalue weighted by Crippen LogP contribution is 2.41. The van der Waals surface area contributed by atoms with Crippen LogP contribution in [-0.2, 0) is 26.5 Å². The van der Waals surface area contributed by atoms with Gasteiger partial charge < -0.3 is 9.64 Å². The molecule has 222 valence electrons. The Morgan fingerprint density at radius 2 is 1.43 bits per heavy atom. The molecular formula is C35H31N3O5S. The molecule has 2 atom stereocenters. The van der Waals surface area contributed by atoms with E-state index in [0.717, 1.165) is 21.6 Å². The van der Waals surface area contributed by atoms with Gasteiger partial charge in [0.05, 0.1) is 22.9 Å². The predicted molar refractivity (Wildman–Crippen MR) is 170 cm³/mol. The molecule has 0 aromatic heterocycles. The third-order valence-electron chi connectivity index (χ3n) is 8.07. The molecule has 0 spiro atoms. The van der Waals surface area contributed by atoms with Crippen LogP contribution in [0.1, 0.15) is 28.7 Å². The predicted octanol–water partition coefficient (Wildman–Crippen LogP) is 5.82. The largest absolute Gasteiger partial charge is 0.459 e. The van der Waals surface area contributed by atoms with Crippen molar-refractivity contribution in [2.75, 3.05) is 12.3 Å².